The summed E-state index contributed by atoms with van der Waals surface area (Å²) in [6.07, 6.45) is 1.44. The molecule has 2 rings (SSSR count). The molecular weight excluding hydrogens is 248 g/mol. The Morgan fingerprint density at radius 1 is 1.39 bits per heavy atom. The van der Waals surface area contributed by atoms with Crippen molar-refractivity contribution in [2.75, 3.05) is 18.1 Å². The summed E-state index contributed by atoms with van der Waals surface area (Å²) in [5.74, 6) is 0.838. The van der Waals surface area contributed by atoms with Crippen LogP contribution in [0.1, 0.15) is 19.8 Å². The average Bonchev–Trinajstić information content (AvgIpc) is 2.37. The van der Waals surface area contributed by atoms with E-state index in [4.69, 9.17) is 17.0 Å². The van der Waals surface area contributed by atoms with Gasteiger partial charge in [0.1, 0.15) is 5.75 Å². The van der Waals surface area contributed by atoms with Gasteiger partial charge >= 0.3 is 0 Å². The van der Waals surface area contributed by atoms with E-state index in [1.807, 2.05) is 24.3 Å². The number of carbonyl (C=O) groups is 1. The van der Waals surface area contributed by atoms with Crippen molar-refractivity contribution in [3.05, 3.63) is 24.3 Å². The molecule has 0 spiro atoms. The summed E-state index contributed by atoms with van der Waals surface area (Å²) >= 11 is 5.15. The molecule has 0 saturated carbocycles. The van der Waals surface area contributed by atoms with Crippen LogP contribution in [-0.2, 0) is 4.79 Å². The third kappa shape index (κ3) is 2.79. The Morgan fingerprint density at radius 2 is 2.11 bits per heavy atom. The van der Waals surface area contributed by atoms with Gasteiger partial charge in [0, 0.05) is 13.0 Å². The molecule has 1 aliphatic rings. The summed E-state index contributed by atoms with van der Waals surface area (Å²) in [5, 5.41) is 3.48. The van der Waals surface area contributed by atoms with Gasteiger partial charge in [-0.25, -0.2) is 0 Å². The Labute approximate surface area is 112 Å². The van der Waals surface area contributed by atoms with Crippen LogP contribution in [0.2, 0.25) is 0 Å². The van der Waals surface area contributed by atoms with E-state index in [2.05, 4.69) is 12.2 Å². The highest BCUT2D eigenvalue weighted by atomic mass is 32.1. The molecule has 0 aromatic heterocycles. The standard InChI is InChI=1S/C13H16N2O2S/c1-2-9-17-11-5-3-10(4-6-11)15-12(16)7-8-14-13(15)18/h3-6H,2,7-9H2,1H3,(H,14,18). The van der Waals surface area contributed by atoms with E-state index in [0.717, 1.165) is 17.9 Å². The Bertz CT molecular complexity index is 429. The van der Waals surface area contributed by atoms with Crippen LogP contribution in [0.15, 0.2) is 24.3 Å². The van der Waals surface area contributed by atoms with Crippen molar-refractivity contribution in [1.29, 1.82) is 0 Å². The first-order chi connectivity index (χ1) is 8.72. The van der Waals surface area contributed by atoms with Crippen LogP contribution >= 0.6 is 12.2 Å². The molecule has 1 heterocycles. The lowest BCUT2D eigenvalue weighted by Crippen LogP contribution is -2.49. The van der Waals surface area contributed by atoms with E-state index < -0.39 is 0 Å². The minimum atomic E-state index is 0.0287. The second-order valence-corrected chi connectivity index (χ2v) is 4.44. The van der Waals surface area contributed by atoms with Crippen LogP contribution in [0.5, 0.6) is 5.75 Å². The topological polar surface area (TPSA) is 41.6 Å². The van der Waals surface area contributed by atoms with Crippen LogP contribution in [0.4, 0.5) is 5.69 Å². The quantitative estimate of drug-likeness (QED) is 0.846. The number of carbonyl (C=O) groups excluding carboxylic acids is 1. The Hall–Kier alpha value is -1.62. The van der Waals surface area contributed by atoms with E-state index in [9.17, 15) is 4.79 Å². The van der Waals surface area contributed by atoms with Crippen LogP contribution in [0, 0.1) is 0 Å². The van der Waals surface area contributed by atoms with Gasteiger partial charge < -0.3 is 10.1 Å². The fourth-order valence-corrected chi connectivity index (χ4v) is 2.06. The van der Waals surface area contributed by atoms with E-state index in [1.54, 1.807) is 0 Å². The number of hydrogen-bond donors (Lipinski definition) is 1. The normalized spacial score (nSPS) is 15.5. The van der Waals surface area contributed by atoms with Crippen molar-refractivity contribution < 1.29 is 9.53 Å². The fraction of sp³-hybridized carbons (Fsp3) is 0.385. The van der Waals surface area contributed by atoms with Crippen molar-refractivity contribution in [2.24, 2.45) is 0 Å². The van der Waals surface area contributed by atoms with Crippen LogP contribution in [0.3, 0.4) is 0 Å². The van der Waals surface area contributed by atoms with Gasteiger partial charge in [0.2, 0.25) is 5.91 Å². The van der Waals surface area contributed by atoms with Crippen LogP contribution in [-0.4, -0.2) is 24.2 Å². The zero-order valence-electron chi connectivity index (χ0n) is 10.3. The minimum Gasteiger partial charge on any atom is -0.494 e. The maximum absolute atomic E-state index is 11.8. The number of amides is 1. The second kappa shape index (κ2) is 5.82. The molecule has 0 unspecified atom stereocenters. The van der Waals surface area contributed by atoms with Gasteiger partial charge in [-0.1, -0.05) is 6.92 Å². The van der Waals surface area contributed by atoms with Crippen molar-refractivity contribution in [3.63, 3.8) is 0 Å². The van der Waals surface area contributed by atoms with Crippen LogP contribution in [0.25, 0.3) is 0 Å². The third-order valence-electron chi connectivity index (χ3n) is 2.64. The predicted molar refractivity (Wildman–Crippen MR) is 74.9 cm³/mol. The number of thiocarbonyl (C=S) groups is 1. The van der Waals surface area contributed by atoms with Gasteiger partial charge in [0.15, 0.2) is 5.11 Å². The molecule has 1 aliphatic heterocycles. The van der Waals surface area contributed by atoms with Gasteiger partial charge in [-0.05, 0) is 42.9 Å². The molecule has 1 N–H and O–H groups in total. The number of nitrogens with zero attached hydrogens (tertiary/aromatic N) is 1. The SMILES string of the molecule is CCCOc1ccc(N2C(=O)CCNC2=S)cc1. The highest BCUT2D eigenvalue weighted by Crippen LogP contribution is 2.21. The summed E-state index contributed by atoms with van der Waals surface area (Å²) < 4.78 is 5.50. The zero-order valence-corrected chi connectivity index (χ0v) is 11.1. The molecule has 5 heteroatoms. The van der Waals surface area contributed by atoms with Crippen molar-refractivity contribution in [1.82, 2.24) is 5.32 Å². The summed E-state index contributed by atoms with van der Waals surface area (Å²) in [5.41, 5.74) is 0.779. The molecule has 4 nitrogen and oxygen atoms in total. The number of nitrogens with one attached hydrogen (secondary N) is 1. The second-order valence-electron chi connectivity index (χ2n) is 4.05. The van der Waals surface area contributed by atoms with Gasteiger partial charge in [-0.2, -0.15) is 0 Å². The average molecular weight is 264 g/mol. The first-order valence-corrected chi connectivity index (χ1v) is 6.47. The number of ether oxygens (including phenoxy) is 1. The molecule has 0 aliphatic carbocycles. The van der Waals surface area contributed by atoms with E-state index in [0.29, 0.717) is 24.7 Å². The molecule has 1 amide bonds. The van der Waals surface area contributed by atoms with E-state index in [-0.39, 0.29) is 5.91 Å². The first-order valence-electron chi connectivity index (χ1n) is 6.06. The van der Waals surface area contributed by atoms with Crippen molar-refractivity contribution >= 4 is 28.9 Å². The van der Waals surface area contributed by atoms with Crippen molar-refractivity contribution in [2.45, 2.75) is 19.8 Å². The lowest BCUT2D eigenvalue weighted by Gasteiger charge is -2.28. The zero-order chi connectivity index (χ0) is 13.0. The Kier molecular flexibility index (Phi) is 4.15. The maximum atomic E-state index is 11.8. The number of anilines is 1. The van der Waals surface area contributed by atoms with Gasteiger partial charge in [-0.15, -0.1) is 0 Å². The smallest absolute Gasteiger partial charge is 0.235 e. The number of hydrogen-bond acceptors (Lipinski definition) is 3. The van der Waals surface area contributed by atoms with E-state index >= 15 is 0 Å². The van der Waals surface area contributed by atoms with Gasteiger partial charge in [0.25, 0.3) is 0 Å². The highest BCUT2D eigenvalue weighted by Gasteiger charge is 2.23. The monoisotopic (exact) mass is 264 g/mol. The molecule has 1 aromatic carbocycles. The van der Waals surface area contributed by atoms with Gasteiger partial charge in [-0.3, -0.25) is 9.69 Å². The lowest BCUT2D eigenvalue weighted by molar-refractivity contribution is -0.117. The Morgan fingerprint density at radius 3 is 2.72 bits per heavy atom. The lowest BCUT2D eigenvalue weighted by atomic mass is 10.2. The minimum absolute atomic E-state index is 0.0287. The highest BCUT2D eigenvalue weighted by molar-refractivity contribution is 7.80. The molecule has 0 atom stereocenters. The molecule has 1 fully saturated rings. The molecular formula is C13H16N2O2S. The van der Waals surface area contributed by atoms with E-state index in [1.165, 1.54) is 4.90 Å². The van der Waals surface area contributed by atoms with Crippen LogP contribution < -0.4 is 15.0 Å². The van der Waals surface area contributed by atoms with Crippen molar-refractivity contribution in [3.8, 4) is 5.75 Å². The van der Waals surface area contributed by atoms with Gasteiger partial charge in [0.05, 0.1) is 12.3 Å². The summed E-state index contributed by atoms with van der Waals surface area (Å²) in [7, 11) is 0. The largest absolute Gasteiger partial charge is 0.494 e. The summed E-state index contributed by atoms with van der Waals surface area (Å²) in [4.78, 5) is 13.4. The maximum Gasteiger partial charge on any atom is 0.235 e. The molecule has 0 radical (unpaired) electrons. The fourth-order valence-electron chi connectivity index (χ4n) is 1.75. The number of benzene rings is 1. The third-order valence-corrected chi connectivity index (χ3v) is 2.96. The molecule has 96 valence electrons. The molecule has 1 saturated heterocycles. The molecule has 0 bridgehead atoms. The summed E-state index contributed by atoms with van der Waals surface area (Å²) in [6.45, 7) is 3.37. The molecule has 18 heavy (non-hydrogen) atoms. The first kappa shape index (κ1) is 12.8. The summed E-state index contributed by atoms with van der Waals surface area (Å²) in [6, 6.07) is 7.41. The Balaban J connectivity index is 2.12. The predicted octanol–water partition coefficient (Wildman–Crippen LogP) is 2.09. The molecule has 1 aromatic rings. The number of rotatable bonds is 4.